The number of aromatic hydroxyl groups is 1. The lowest BCUT2D eigenvalue weighted by Gasteiger charge is -2.13. The van der Waals surface area contributed by atoms with Crippen molar-refractivity contribution in [3.8, 4) is 5.75 Å². The Morgan fingerprint density at radius 1 is 1.15 bits per heavy atom. The molecule has 2 aromatic carbocycles. The van der Waals surface area contributed by atoms with E-state index in [2.05, 4.69) is 5.32 Å². The van der Waals surface area contributed by atoms with Gasteiger partial charge in [-0.05, 0) is 36.2 Å². The fraction of sp³-hybridized carbons (Fsp3) is 0.250. The molecule has 0 saturated heterocycles. The lowest BCUT2D eigenvalue weighted by Crippen LogP contribution is -2.21. The summed E-state index contributed by atoms with van der Waals surface area (Å²) in [6.07, 6.45) is -0.552. The zero-order valence-corrected chi connectivity index (χ0v) is 12.1. The first-order valence-corrected chi connectivity index (χ1v) is 6.86. The van der Waals surface area contributed by atoms with Crippen LogP contribution in [0.1, 0.15) is 22.8 Å². The van der Waals surface area contributed by atoms with Gasteiger partial charge in [0.05, 0.1) is 6.10 Å². The van der Waals surface area contributed by atoms with Crippen LogP contribution in [0.25, 0.3) is 0 Å². The number of hydrogen-bond acceptors (Lipinski definition) is 3. The number of phenols is 1. The molecular formula is C16H18ClNO2. The van der Waals surface area contributed by atoms with Crippen LogP contribution in [-0.2, 0) is 6.54 Å². The second kappa shape index (κ2) is 6.75. The summed E-state index contributed by atoms with van der Waals surface area (Å²) in [6.45, 7) is 2.99. The molecule has 0 unspecified atom stereocenters. The Morgan fingerprint density at radius 2 is 1.85 bits per heavy atom. The van der Waals surface area contributed by atoms with Crippen molar-refractivity contribution in [1.82, 2.24) is 5.32 Å². The highest BCUT2D eigenvalue weighted by molar-refractivity contribution is 6.30. The van der Waals surface area contributed by atoms with Crippen molar-refractivity contribution in [2.24, 2.45) is 0 Å². The molecule has 3 nitrogen and oxygen atoms in total. The standard InChI is InChI=1S/C16H18ClNO2/c1-11-2-4-13(5-3-11)16(20)10-18-9-12-6-14(17)8-15(19)7-12/h2-8,16,18-20H,9-10H2,1H3/t16-/m0/s1. The molecule has 0 fully saturated rings. The molecule has 0 aliphatic carbocycles. The average molecular weight is 292 g/mol. The van der Waals surface area contributed by atoms with Crippen LogP contribution in [0.5, 0.6) is 5.75 Å². The third-order valence-corrected chi connectivity index (χ3v) is 3.29. The van der Waals surface area contributed by atoms with Gasteiger partial charge in [0, 0.05) is 18.1 Å². The van der Waals surface area contributed by atoms with Gasteiger partial charge < -0.3 is 15.5 Å². The first-order valence-electron chi connectivity index (χ1n) is 6.48. The van der Waals surface area contributed by atoms with E-state index in [-0.39, 0.29) is 5.75 Å². The van der Waals surface area contributed by atoms with Crippen molar-refractivity contribution < 1.29 is 10.2 Å². The summed E-state index contributed by atoms with van der Waals surface area (Å²) in [4.78, 5) is 0. The van der Waals surface area contributed by atoms with E-state index in [0.29, 0.717) is 18.1 Å². The first-order chi connectivity index (χ1) is 9.54. The SMILES string of the molecule is Cc1ccc([C@@H](O)CNCc2cc(O)cc(Cl)c2)cc1. The minimum atomic E-state index is -0.552. The number of benzene rings is 2. The van der Waals surface area contributed by atoms with Gasteiger partial charge in [-0.25, -0.2) is 0 Å². The van der Waals surface area contributed by atoms with E-state index in [4.69, 9.17) is 11.6 Å². The van der Waals surface area contributed by atoms with Crippen LogP contribution < -0.4 is 5.32 Å². The highest BCUT2D eigenvalue weighted by atomic mass is 35.5. The van der Waals surface area contributed by atoms with Gasteiger partial charge >= 0.3 is 0 Å². The van der Waals surface area contributed by atoms with E-state index in [0.717, 1.165) is 11.1 Å². The highest BCUT2D eigenvalue weighted by Gasteiger charge is 2.07. The molecule has 0 amide bonds. The van der Waals surface area contributed by atoms with Gasteiger partial charge in [-0.15, -0.1) is 0 Å². The molecule has 106 valence electrons. The molecule has 1 atom stereocenters. The Labute approximate surface area is 123 Å². The smallest absolute Gasteiger partial charge is 0.117 e. The Bertz CT molecular complexity index is 549. The van der Waals surface area contributed by atoms with Gasteiger partial charge in [0.1, 0.15) is 5.75 Å². The topological polar surface area (TPSA) is 52.5 Å². The maximum Gasteiger partial charge on any atom is 0.117 e. The highest BCUT2D eigenvalue weighted by Crippen LogP contribution is 2.19. The summed E-state index contributed by atoms with van der Waals surface area (Å²) < 4.78 is 0. The Balaban J connectivity index is 1.87. The third-order valence-electron chi connectivity index (χ3n) is 3.07. The van der Waals surface area contributed by atoms with Crippen molar-refractivity contribution in [2.45, 2.75) is 19.6 Å². The summed E-state index contributed by atoms with van der Waals surface area (Å²) in [7, 11) is 0. The number of hydrogen-bond donors (Lipinski definition) is 3. The van der Waals surface area contributed by atoms with E-state index in [1.807, 2.05) is 31.2 Å². The molecule has 2 aromatic rings. The molecule has 0 radical (unpaired) electrons. The summed E-state index contributed by atoms with van der Waals surface area (Å²) in [5, 5.41) is 23.2. The van der Waals surface area contributed by atoms with E-state index in [1.165, 1.54) is 11.6 Å². The van der Waals surface area contributed by atoms with Crippen molar-refractivity contribution in [3.63, 3.8) is 0 Å². The van der Waals surface area contributed by atoms with Crippen LogP contribution >= 0.6 is 11.6 Å². The fourth-order valence-corrected chi connectivity index (χ4v) is 2.25. The molecule has 3 N–H and O–H groups in total. The molecular weight excluding hydrogens is 274 g/mol. The molecule has 0 aliphatic heterocycles. The maximum absolute atomic E-state index is 10.1. The number of aliphatic hydroxyl groups excluding tert-OH is 1. The summed E-state index contributed by atoms with van der Waals surface area (Å²) >= 11 is 5.87. The monoisotopic (exact) mass is 291 g/mol. The zero-order chi connectivity index (χ0) is 14.5. The van der Waals surface area contributed by atoms with Gasteiger partial charge in [0.25, 0.3) is 0 Å². The molecule has 4 heteroatoms. The number of aliphatic hydroxyl groups is 1. The van der Waals surface area contributed by atoms with Gasteiger partial charge in [0.2, 0.25) is 0 Å². The van der Waals surface area contributed by atoms with Gasteiger partial charge in [-0.2, -0.15) is 0 Å². The average Bonchev–Trinajstić information content (AvgIpc) is 2.38. The third kappa shape index (κ3) is 4.23. The molecule has 0 spiro atoms. The van der Waals surface area contributed by atoms with Crippen LogP contribution in [0.15, 0.2) is 42.5 Å². The van der Waals surface area contributed by atoms with E-state index < -0.39 is 6.10 Å². The largest absolute Gasteiger partial charge is 0.508 e. The van der Waals surface area contributed by atoms with Crippen LogP contribution in [0.4, 0.5) is 0 Å². The molecule has 0 bridgehead atoms. The fourth-order valence-electron chi connectivity index (χ4n) is 2.00. The zero-order valence-electron chi connectivity index (χ0n) is 11.3. The number of aryl methyl sites for hydroxylation is 1. The Morgan fingerprint density at radius 3 is 2.50 bits per heavy atom. The number of nitrogens with one attached hydrogen (secondary N) is 1. The minimum Gasteiger partial charge on any atom is -0.508 e. The van der Waals surface area contributed by atoms with Gasteiger partial charge in [-0.3, -0.25) is 0 Å². The van der Waals surface area contributed by atoms with Gasteiger partial charge in [-0.1, -0.05) is 41.4 Å². The van der Waals surface area contributed by atoms with Crippen molar-refractivity contribution in [2.75, 3.05) is 6.54 Å². The molecule has 20 heavy (non-hydrogen) atoms. The minimum absolute atomic E-state index is 0.147. The first kappa shape index (κ1) is 14.9. The quantitative estimate of drug-likeness (QED) is 0.793. The lowest BCUT2D eigenvalue weighted by molar-refractivity contribution is 0.174. The maximum atomic E-state index is 10.1. The predicted octanol–water partition coefficient (Wildman–Crippen LogP) is 3.18. The summed E-state index contributed by atoms with van der Waals surface area (Å²) in [5.74, 6) is 0.147. The second-order valence-electron chi connectivity index (χ2n) is 4.88. The number of halogens is 1. The van der Waals surface area contributed by atoms with Crippen LogP contribution in [0.3, 0.4) is 0 Å². The molecule has 0 heterocycles. The number of phenolic OH excluding ortho intramolecular Hbond substituents is 1. The lowest BCUT2D eigenvalue weighted by atomic mass is 10.1. The van der Waals surface area contributed by atoms with E-state index in [1.54, 1.807) is 12.1 Å². The van der Waals surface area contributed by atoms with Gasteiger partial charge in [0.15, 0.2) is 0 Å². The molecule has 2 rings (SSSR count). The summed E-state index contributed by atoms with van der Waals surface area (Å²) in [6, 6.07) is 12.7. The van der Waals surface area contributed by atoms with Crippen molar-refractivity contribution in [3.05, 3.63) is 64.2 Å². The van der Waals surface area contributed by atoms with E-state index >= 15 is 0 Å². The molecule has 0 saturated carbocycles. The van der Waals surface area contributed by atoms with Crippen molar-refractivity contribution >= 4 is 11.6 Å². The number of rotatable bonds is 5. The molecule has 0 aliphatic rings. The van der Waals surface area contributed by atoms with Crippen LogP contribution in [0.2, 0.25) is 5.02 Å². The Hall–Kier alpha value is -1.55. The molecule has 0 aromatic heterocycles. The van der Waals surface area contributed by atoms with Crippen LogP contribution in [-0.4, -0.2) is 16.8 Å². The van der Waals surface area contributed by atoms with Crippen molar-refractivity contribution in [1.29, 1.82) is 0 Å². The predicted molar refractivity (Wildman–Crippen MR) is 81.0 cm³/mol. The second-order valence-corrected chi connectivity index (χ2v) is 5.31. The Kier molecular flexibility index (Phi) is 5.01. The normalized spacial score (nSPS) is 12.3. The van der Waals surface area contributed by atoms with Crippen LogP contribution in [0, 0.1) is 6.92 Å². The summed E-state index contributed by atoms with van der Waals surface area (Å²) in [5.41, 5.74) is 2.94. The van der Waals surface area contributed by atoms with E-state index in [9.17, 15) is 10.2 Å².